The second-order valence-corrected chi connectivity index (χ2v) is 10.4. The van der Waals surface area contributed by atoms with Gasteiger partial charge in [0.15, 0.2) is 0 Å². The number of anilines is 1. The Bertz CT molecular complexity index is 900. The molecule has 0 N–H and O–H groups in total. The Kier molecular flexibility index (Phi) is 5.51. The van der Waals surface area contributed by atoms with E-state index < -0.39 is 5.92 Å². The molecule has 5 atom stereocenters. The predicted octanol–water partition coefficient (Wildman–Crippen LogP) is 1.62. The Balaban J connectivity index is 1.11. The van der Waals surface area contributed by atoms with Gasteiger partial charge in [-0.2, -0.15) is 0 Å². The van der Waals surface area contributed by atoms with Crippen LogP contribution in [0.25, 0.3) is 0 Å². The third kappa shape index (κ3) is 3.52. The smallest absolute Gasteiger partial charge is 0.233 e. The van der Waals surface area contributed by atoms with Crippen LogP contribution in [0.2, 0.25) is 0 Å². The van der Waals surface area contributed by atoms with Crippen molar-refractivity contribution in [1.29, 1.82) is 0 Å². The third-order valence-corrected chi connectivity index (χ3v) is 8.24. The minimum Gasteiger partial charge on any atom is -0.338 e. The first kappa shape index (κ1) is 21.5. The largest absolute Gasteiger partial charge is 0.338 e. The summed E-state index contributed by atoms with van der Waals surface area (Å²) in [6.45, 7) is 9.29. The highest BCUT2D eigenvalue weighted by Gasteiger charge is 2.66. The van der Waals surface area contributed by atoms with Crippen LogP contribution in [-0.4, -0.2) is 76.6 Å². The number of Topliss-reactive ketones (excluding diaryl/α,β-unsaturated/α-hetero) is 1. The highest BCUT2D eigenvalue weighted by atomic mass is 16.2. The van der Waals surface area contributed by atoms with Gasteiger partial charge in [-0.1, -0.05) is 13.8 Å². The van der Waals surface area contributed by atoms with Gasteiger partial charge in [-0.25, -0.2) is 9.97 Å². The van der Waals surface area contributed by atoms with Crippen LogP contribution >= 0.6 is 0 Å². The van der Waals surface area contributed by atoms with Crippen molar-refractivity contribution in [2.75, 3.05) is 44.2 Å². The van der Waals surface area contributed by atoms with Crippen LogP contribution in [-0.2, 0) is 14.4 Å². The molecule has 0 radical (unpaired) electrons. The van der Waals surface area contributed by atoms with Crippen molar-refractivity contribution in [3.05, 3.63) is 18.5 Å². The predicted molar refractivity (Wildman–Crippen MR) is 119 cm³/mol. The first-order valence-electron chi connectivity index (χ1n) is 12.0. The average molecular weight is 440 g/mol. The van der Waals surface area contributed by atoms with Crippen LogP contribution in [0.15, 0.2) is 18.5 Å². The van der Waals surface area contributed by atoms with Gasteiger partial charge in [0.05, 0.1) is 11.8 Å². The molecule has 2 aliphatic heterocycles. The summed E-state index contributed by atoms with van der Waals surface area (Å²) in [6.07, 6.45) is 6.63. The first-order chi connectivity index (χ1) is 15.4. The lowest BCUT2D eigenvalue weighted by atomic mass is 9.48. The monoisotopic (exact) mass is 439 g/mol. The molecule has 8 heteroatoms. The van der Waals surface area contributed by atoms with E-state index in [2.05, 4.69) is 26.7 Å². The van der Waals surface area contributed by atoms with Gasteiger partial charge in [-0.3, -0.25) is 24.2 Å². The van der Waals surface area contributed by atoms with Gasteiger partial charge in [0.1, 0.15) is 5.78 Å². The zero-order valence-corrected chi connectivity index (χ0v) is 19.1. The van der Waals surface area contributed by atoms with E-state index in [-0.39, 0.29) is 40.8 Å². The Morgan fingerprint density at radius 3 is 2.34 bits per heavy atom. The van der Waals surface area contributed by atoms with Crippen LogP contribution in [0.4, 0.5) is 5.95 Å². The maximum absolute atomic E-state index is 13.2. The van der Waals surface area contributed by atoms with Gasteiger partial charge in [0.2, 0.25) is 17.8 Å². The molecular weight excluding hydrogens is 406 g/mol. The van der Waals surface area contributed by atoms with Crippen LogP contribution in [0.3, 0.4) is 0 Å². The normalized spacial score (nSPS) is 35.0. The number of hydrogen-bond acceptors (Lipinski definition) is 7. The van der Waals surface area contributed by atoms with E-state index in [1.165, 1.54) is 4.90 Å². The van der Waals surface area contributed by atoms with E-state index in [4.69, 9.17) is 0 Å². The molecule has 1 aromatic rings. The van der Waals surface area contributed by atoms with E-state index >= 15 is 0 Å². The number of unbranched alkanes of at least 4 members (excludes halogenated alkanes) is 1. The van der Waals surface area contributed by atoms with Crippen LogP contribution in [0.1, 0.15) is 39.5 Å². The number of ketones is 1. The molecule has 5 aliphatic rings. The third-order valence-electron chi connectivity index (χ3n) is 8.24. The number of piperazine rings is 1. The maximum atomic E-state index is 13.2. The van der Waals surface area contributed by atoms with Crippen molar-refractivity contribution in [3.63, 3.8) is 0 Å². The molecule has 5 fully saturated rings. The zero-order valence-electron chi connectivity index (χ0n) is 19.1. The molecule has 5 unspecified atom stereocenters. The summed E-state index contributed by atoms with van der Waals surface area (Å²) in [6, 6.07) is 1.83. The number of carbonyl (C=O) groups excluding carboxylic acids is 3. The number of carbonyl (C=O) groups is 3. The number of amides is 2. The van der Waals surface area contributed by atoms with Gasteiger partial charge in [0, 0.05) is 57.5 Å². The topological polar surface area (TPSA) is 86.7 Å². The molecular formula is C24H33N5O3. The average Bonchev–Trinajstić information content (AvgIpc) is 3.03. The number of aromatic nitrogens is 2. The summed E-state index contributed by atoms with van der Waals surface area (Å²) >= 11 is 0. The summed E-state index contributed by atoms with van der Waals surface area (Å²) in [4.78, 5) is 53.8. The molecule has 3 heterocycles. The summed E-state index contributed by atoms with van der Waals surface area (Å²) in [5, 5.41) is 0. The van der Waals surface area contributed by atoms with Crippen molar-refractivity contribution in [1.82, 2.24) is 19.8 Å². The molecule has 172 valence electrons. The molecule has 0 spiro atoms. The Labute approximate surface area is 189 Å². The summed E-state index contributed by atoms with van der Waals surface area (Å²) in [5.41, 5.74) is -0.348. The van der Waals surface area contributed by atoms with Gasteiger partial charge >= 0.3 is 0 Å². The maximum Gasteiger partial charge on any atom is 0.233 e. The molecule has 2 saturated heterocycles. The minimum absolute atomic E-state index is 0.0247. The van der Waals surface area contributed by atoms with Gasteiger partial charge < -0.3 is 4.90 Å². The fourth-order valence-electron chi connectivity index (χ4n) is 6.86. The SMILES string of the molecule is CC1CC2(C)CC(=O)C1C1C(=O)N(CCCCN3CCN(c4ncccn4)CC3)C(=O)C12. The van der Waals surface area contributed by atoms with Gasteiger partial charge in [-0.05, 0) is 43.2 Å². The number of rotatable bonds is 6. The Morgan fingerprint density at radius 1 is 0.969 bits per heavy atom. The molecule has 0 aromatic carbocycles. The van der Waals surface area contributed by atoms with Crippen LogP contribution in [0.5, 0.6) is 0 Å². The fraction of sp³-hybridized carbons (Fsp3) is 0.708. The zero-order chi connectivity index (χ0) is 22.5. The van der Waals surface area contributed by atoms with E-state index in [1.54, 1.807) is 12.4 Å². The van der Waals surface area contributed by atoms with Crippen molar-refractivity contribution in [3.8, 4) is 0 Å². The van der Waals surface area contributed by atoms with Crippen molar-refractivity contribution < 1.29 is 14.4 Å². The molecule has 3 aliphatic carbocycles. The summed E-state index contributed by atoms with van der Waals surface area (Å²) < 4.78 is 0. The van der Waals surface area contributed by atoms with Gasteiger partial charge in [0.25, 0.3) is 0 Å². The molecule has 1 aromatic heterocycles. The van der Waals surface area contributed by atoms with E-state index in [1.807, 2.05) is 13.0 Å². The second kappa shape index (κ2) is 8.21. The summed E-state index contributed by atoms with van der Waals surface area (Å²) in [5.74, 6) is 0.0987. The minimum atomic E-state index is -0.411. The number of nitrogens with zero attached hydrogens (tertiary/aromatic N) is 5. The lowest BCUT2D eigenvalue weighted by molar-refractivity contribution is -0.157. The first-order valence-corrected chi connectivity index (χ1v) is 12.0. The Morgan fingerprint density at radius 2 is 1.66 bits per heavy atom. The van der Waals surface area contributed by atoms with E-state index in [9.17, 15) is 14.4 Å². The van der Waals surface area contributed by atoms with Crippen LogP contribution in [0, 0.1) is 29.1 Å². The lowest BCUT2D eigenvalue weighted by Crippen LogP contribution is -2.56. The van der Waals surface area contributed by atoms with Crippen molar-refractivity contribution >= 4 is 23.5 Å². The van der Waals surface area contributed by atoms with Crippen molar-refractivity contribution in [2.24, 2.45) is 29.1 Å². The molecule has 8 nitrogen and oxygen atoms in total. The molecule has 6 rings (SSSR count). The Hall–Kier alpha value is -2.35. The van der Waals surface area contributed by atoms with E-state index in [0.717, 1.165) is 57.9 Å². The van der Waals surface area contributed by atoms with Gasteiger partial charge in [-0.15, -0.1) is 0 Å². The quantitative estimate of drug-likeness (QED) is 0.492. The number of likely N-dealkylation sites (tertiary alicyclic amines) is 1. The molecule has 2 amide bonds. The highest BCUT2D eigenvalue weighted by molar-refractivity contribution is 6.09. The van der Waals surface area contributed by atoms with Crippen molar-refractivity contribution in [2.45, 2.75) is 39.5 Å². The second-order valence-electron chi connectivity index (χ2n) is 10.4. The summed E-state index contributed by atoms with van der Waals surface area (Å²) in [7, 11) is 0. The standard InChI is InChI=1S/C24H33N5O3/c1-16-14-24(2)15-17(30)18(16)19-20(24)22(32)29(21(19)31)9-4-3-8-27-10-12-28(13-11-27)23-25-6-5-7-26-23/h5-7,16,18-20H,3-4,8-15H2,1-2H3. The lowest BCUT2D eigenvalue weighted by Gasteiger charge is -2.52. The highest BCUT2D eigenvalue weighted by Crippen LogP contribution is 2.60. The van der Waals surface area contributed by atoms with Crippen LogP contribution < -0.4 is 4.90 Å². The number of imide groups is 1. The fourth-order valence-corrected chi connectivity index (χ4v) is 6.86. The molecule has 2 bridgehead atoms. The number of fused-ring (bicyclic) bond motifs is 2. The van der Waals surface area contributed by atoms with E-state index in [0.29, 0.717) is 13.0 Å². The molecule has 3 saturated carbocycles. The molecule has 32 heavy (non-hydrogen) atoms. The number of hydrogen-bond donors (Lipinski definition) is 0.